The van der Waals surface area contributed by atoms with Crippen molar-refractivity contribution in [3.63, 3.8) is 0 Å². The molecule has 5 nitrogen and oxygen atoms in total. The fraction of sp³-hybridized carbons (Fsp3) is 0.583. The van der Waals surface area contributed by atoms with Crippen molar-refractivity contribution in [1.82, 2.24) is 15.1 Å². The van der Waals surface area contributed by atoms with Crippen LogP contribution in [0.1, 0.15) is 12.8 Å². The number of carbonyl (C=O) groups excluding carboxylic acids is 1. The largest absolute Gasteiger partial charge is 0.309 e. The highest BCUT2D eigenvalue weighted by atomic mass is 32.2. The molecule has 1 aromatic heterocycles. The van der Waals surface area contributed by atoms with E-state index in [-0.39, 0.29) is 11.8 Å². The number of amides is 1. The van der Waals surface area contributed by atoms with Crippen molar-refractivity contribution in [2.24, 2.45) is 5.92 Å². The maximum absolute atomic E-state index is 11.5. The topological polar surface area (TPSA) is 58.1 Å². The lowest BCUT2D eigenvalue weighted by Gasteiger charge is -2.08. The monoisotopic (exact) mass is 266 g/mol. The van der Waals surface area contributed by atoms with Gasteiger partial charge in [-0.3, -0.25) is 4.79 Å². The first-order valence-corrected chi connectivity index (χ1v) is 7.06. The van der Waals surface area contributed by atoms with Crippen LogP contribution in [0.25, 0.3) is 0 Å². The fourth-order valence-electron chi connectivity index (χ4n) is 1.37. The normalized spacial score (nSPS) is 14.8. The molecule has 0 aromatic carbocycles. The van der Waals surface area contributed by atoms with Crippen LogP contribution in [0.2, 0.25) is 0 Å². The summed E-state index contributed by atoms with van der Waals surface area (Å²) < 4.78 is 0. The minimum absolute atomic E-state index is 0.0670. The predicted octanol–water partition coefficient (Wildman–Crippen LogP) is 1.48. The Balaban J connectivity index is 1.79. The van der Waals surface area contributed by atoms with E-state index >= 15 is 0 Å². The molecule has 2 rings (SSSR count). The van der Waals surface area contributed by atoms with Crippen LogP contribution in [0.15, 0.2) is 17.2 Å². The highest BCUT2D eigenvalue weighted by Gasteiger charge is 2.29. The lowest BCUT2D eigenvalue weighted by atomic mass is 10.4. The Kier molecular flexibility index (Phi) is 4.54. The summed E-state index contributed by atoms with van der Waals surface area (Å²) >= 11 is 1.67. The van der Waals surface area contributed by atoms with Crippen LogP contribution in [0.3, 0.4) is 0 Å². The number of aromatic nitrogens is 2. The number of hydrogen-bond acceptors (Lipinski definition) is 5. The van der Waals surface area contributed by atoms with Crippen molar-refractivity contribution >= 4 is 23.5 Å². The lowest BCUT2D eigenvalue weighted by molar-refractivity contribution is -0.117. The lowest BCUT2D eigenvalue weighted by Crippen LogP contribution is -2.15. The molecule has 0 bridgehead atoms. The van der Waals surface area contributed by atoms with Crippen molar-refractivity contribution in [3.8, 4) is 0 Å². The van der Waals surface area contributed by atoms with Crippen LogP contribution in [0.5, 0.6) is 0 Å². The minimum Gasteiger partial charge on any atom is -0.309 e. The molecular formula is C12H18N4OS. The first-order valence-electron chi connectivity index (χ1n) is 6.07. The van der Waals surface area contributed by atoms with Gasteiger partial charge < -0.3 is 10.2 Å². The maximum atomic E-state index is 11.5. The first-order chi connectivity index (χ1) is 8.65. The van der Waals surface area contributed by atoms with Crippen molar-refractivity contribution in [2.45, 2.75) is 17.9 Å². The number of hydrogen-bond donors (Lipinski definition) is 1. The maximum Gasteiger partial charge on any atom is 0.228 e. The Morgan fingerprint density at radius 2 is 2.22 bits per heavy atom. The van der Waals surface area contributed by atoms with E-state index in [0.717, 1.165) is 30.2 Å². The van der Waals surface area contributed by atoms with E-state index in [4.69, 9.17) is 0 Å². The van der Waals surface area contributed by atoms with Crippen LogP contribution in [-0.4, -0.2) is 47.4 Å². The number of thioether (sulfide) groups is 1. The Morgan fingerprint density at radius 3 is 2.78 bits per heavy atom. The number of carbonyl (C=O) groups is 1. The van der Waals surface area contributed by atoms with E-state index in [2.05, 4.69) is 20.4 Å². The summed E-state index contributed by atoms with van der Waals surface area (Å²) in [7, 11) is 4.09. The Hall–Kier alpha value is -1.14. The molecule has 0 atom stereocenters. The summed E-state index contributed by atoms with van der Waals surface area (Å²) in [6.07, 6.45) is 2.00. The minimum atomic E-state index is 0.0670. The van der Waals surface area contributed by atoms with Gasteiger partial charge in [0.15, 0.2) is 5.82 Å². The van der Waals surface area contributed by atoms with Crippen molar-refractivity contribution in [2.75, 3.05) is 31.7 Å². The quantitative estimate of drug-likeness (QED) is 0.790. The standard InChI is InChI=1S/C12H18N4OS/c1-16(2)7-8-18-11-6-5-10(14-15-11)13-12(17)9-3-4-9/h5-6,9H,3-4,7-8H2,1-2H3,(H,13,14,17). The van der Waals surface area contributed by atoms with Gasteiger partial charge in [0, 0.05) is 18.2 Å². The molecule has 1 fully saturated rings. The van der Waals surface area contributed by atoms with Crippen molar-refractivity contribution < 1.29 is 4.79 Å². The summed E-state index contributed by atoms with van der Waals surface area (Å²) in [5.41, 5.74) is 0. The molecule has 0 spiro atoms. The number of nitrogens with one attached hydrogen (secondary N) is 1. The van der Waals surface area contributed by atoms with Gasteiger partial charge in [-0.25, -0.2) is 0 Å². The second kappa shape index (κ2) is 6.15. The molecule has 1 aromatic rings. The summed E-state index contributed by atoms with van der Waals surface area (Å²) in [6.45, 7) is 1.01. The van der Waals surface area contributed by atoms with E-state index in [9.17, 15) is 4.79 Å². The molecule has 18 heavy (non-hydrogen) atoms. The van der Waals surface area contributed by atoms with Crippen LogP contribution >= 0.6 is 11.8 Å². The van der Waals surface area contributed by atoms with Crippen LogP contribution < -0.4 is 5.32 Å². The van der Waals surface area contributed by atoms with E-state index in [0.29, 0.717) is 5.82 Å². The number of nitrogens with zero attached hydrogens (tertiary/aromatic N) is 3. The Labute approximate surface area is 111 Å². The summed E-state index contributed by atoms with van der Waals surface area (Å²) in [4.78, 5) is 13.6. The molecule has 0 radical (unpaired) electrons. The number of anilines is 1. The van der Waals surface area contributed by atoms with E-state index in [1.54, 1.807) is 11.8 Å². The predicted molar refractivity (Wildman–Crippen MR) is 72.7 cm³/mol. The molecule has 0 unspecified atom stereocenters. The van der Waals surface area contributed by atoms with Gasteiger partial charge in [0.2, 0.25) is 5.91 Å². The van der Waals surface area contributed by atoms with Gasteiger partial charge in [-0.2, -0.15) is 0 Å². The van der Waals surface area contributed by atoms with Crippen LogP contribution in [0, 0.1) is 5.92 Å². The molecule has 0 saturated heterocycles. The molecule has 1 amide bonds. The van der Waals surface area contributed by atoms with Gasteiger partial charge in [0.25, 0.3) is 0 Å². The highest BCUT2D eigenvalue weighted by molar-refractivity contribution is 7.99. The molecule has 1 N–H and O–H groups in total. The molecule has 0 aliphatic heterocycles. The van der Waals surface area contributed by atoms with Crippen molar-refractivity contribution in [3.05, 3.63) is 12.1 Å². The Morgan fingerprint density at radius 1 is 1.44 bits per heavy atom. The average molecular weight is 266 g/mol. The van der Waals surface area contributed by atoms with E-state index in [1.165, 1.54) is 0 Å². The molecular weight excluding hydrogens is 248 g/mol. The van der Waals surface area contributed by atoms with Gasteiger partial charge in [-0.05, 0) is 39.1 Å². The third kappa shape index (κ3) is 4.27. The van der Waals surface area contributed by atoms with E-state index < -0.39 is 0 Å². The second-order valence-corrected chi connectivity index (χ2v) is 5.79. The van der Waals surface area contributed by atoms with Crippen LogP contribution in [0.4, 0.5) is 5.82 Å². The molecule has 1 heterocycles. The molecule has 1 aliphatic carbocycles. The smallest absolute Gasteiger partial charge is 0.228 e. The zero-order valence-electron chi connectivity index (χ0n) is 10.7. The van der Waals surface area contributed by atoms with Crippen LogP contribution in [-0.2, 0) is 4.79 Å². The molecule has 6 heteroatoms. The number of rotatable bonds is 6. The second-order valence-electron chi connectivity index (χ2n) is 4.67. The summed E-state index contributed by atoms with van der Waals surface area (Å²) in [5, 5.41) is 11.8. The third-order valence-electron chi connectivity index (χ3n) is 2.63. The fourth-order valence-corrected chi connectivity index (χ4v) is 2.30. The molecule has 98 valence electrons. The summed E-state index contributed by atoms with van der Waals surface area (Å²) in [6, 6.07) is 3.71. The van der Waals surface area contributed by atoms with Gasteiger partial charge in [0.1, 0.15) is 5.03 Å². The van der Waals surface area contributed by atoms with Gasteiger partial charge in [0.05, 0.1) is 0 Å². The van der Waals surface area contributed by atoms with Gasteiger partial charge in [-0.15, -0.1) is 22.0 Å². The highest BCUT2D eigenvalue weighted by Crippen LogP contribution is 2.29. The Bertz CT molecular complexity index is 403. The SMILES string of the molecule is CN(C)CCSc1ccc(NC(=O)C2CC2)nn1. The zero-order chi connectivity index (χ0) is 13.0. The molecule has 1 saturated carbocycles. The first kappa shape index (κ1) is 13.3. The van der Waals surface area contributed by atoms with Crippen molar-refractivity contribution in [1.29, 1.82) is 0 Å². The third-order valence-corrected chi connectivity index (χ3v) is 3.53. The van der Waals surface area contributed by atoms with E-state index in [1.807, 2.05) is 26.2 Å². The average Bonchev–Trinajstić information content (AvgIpc) is 3.15. The molecule has 1 aliphatic rings. The van der Waals surface area contributed by atoms with Gasteiger partial charge in [-0.1, -0.05) is 0 Å². The zero-order valence-corrected chi connectivity index (χ0v) is 11.5. The van der Waals surface area contributed by atoms with Gasteiger partial charge >= 0.3 is 0 Å². The summed E-state index contributed by atoms with van der Waals surface area (Å²) in [5.74, 6) is 1.79.